The Morgan fingerprint density at radius 1 is 1.33 bits per heavy atom. The van der Waals surface area contributed by atoms with E-state index in [2.05, 4.69) is 5.32 Å². The van der Waals surface area contributed by atoms with Gasteiger partial charge in [-0.25, -0.2) is 0 Å². The van der Waals surface area contributed by atoms with Gasteiger partial charge in [0.15, 0.2) is 6.61 Å². The Kier molecular flexibility index (Phi) is 5.91. The zero-order valence-electron chi connectivity index (χ0n) is 12.4. The first-order chi connectivity index (χ1) is 11.5. The third-order valence-electron chi connectivity index (χ3n) is 2.96. The Hall–Kier alpha value is -2.87. The summed E-state index contributed by atoms with van der Waals surface area (Å²) < 4.78 is 9.91. The highest BCUT2D eigenvalue weighted by Crippen LogP contribution is 2.26. The topological polar surface area (TPSA) is 112 Å². The monoisotopic (exact) mass is 352 g/mol. The van der Waals surface area contributed by atoms with Gasteiger partial charge in [0.2, 0.25) is 0 Å². The van der Waals surface area contributed by atoms with Crippen LogP contribution in [-0.4, -0.2) is 23.4 Å². The number of hydrogen-bond acceptors (Lipinski definition) is 6. The van der Waals surface area contributed by atoms with Crippen molar-refractivity contribution in [2.24, 2.45) is 0 Å². The van der Waals surface area contributed by atoms with Crippen molar-refractivity contribution in [2.45, 2.75) is 12.8 Å². The molecule has 0 fully saturated rings. The molecule has 0 aliphatic rings. The van der Waals surface area contributed by atoms with E-state index in [1.54, 1.807) is 12.1 Å². The van der Waals surface area contributed by atoms with Gasteiger partial charge in [-0.3, -0.25) is 19.7 Å². The molecule has 0 saturated heterocycles. The van der Waals surface area contributed by atoms with Crippen LogP contribution in [0, 0.1) is 10.1 Å². The fraction of sp³-hybridized carbons (Fsp3) is 0.200. The Bertz CT molecular complexity index is 744. The van der Waals surface area contributed by atoms with Crippen LogP contribution in [0.4, 0.5) is 11.4 Å². The number of nitrogens with zero attached hydrogens (tertiary/aromatic N) is 1. The Labute approximate surface area is 141 Å². The van der Waals surface area contributed by atoms with E-state index in [4.69, 9.17) is 20.8 Å². The highest BCUT2D eigenvalue weighted by molar-refractivity contribution is 6.34. The summed E-state index contributed by atoms with van der Waals surface area (Å²) in [6.07, 6.45) is 1.96. The Morgan fingerprint density at radius 2 is 2.12 bits per heavy atom. The lowest BCUT2D eigenvalue weighted by molar-refractivity contribution is -0.384. The molecule has 0 spiro atoms. The molecule has 2 aromatic rings. The van der Waals surface area contributed by atoms with E-state index < -0.39 is 23.4 Å². The van der Waals surface area contributed by atoms with Crippen LogP contribution in [0.5, 0.6) is 0 Å². The van der Waals surface area contributed by atoms with Gasteiger partial charge < -0.3 is 14.5 Å². The summed E-state index contributed by atoms with van der Waals surface area (Å²) in [5.41, 5.74) is 0.00116. The number of nitro groups is 1. The summed E-state index contributed by atoms with van der Waals surface area (Å²) in [5, 5.41) is 13.0. The van der Waals surface area contributed by atoms with Gasteiger partial charge in [0.1, 0.15) is 5.76 Å². The van der Waals surface area contributed by atoms with E-state index in [1.807, 2.05) is 0 Å². The van der Waals surface area contributed by atoms with Crippen molar-refractivity contribution in [2.75, 3.05) is 11.9 Å². The zero-order chi connectivity index (χ0) is 17.5. The zero-order valence-corrected chi connectivity index (χ0v) is 13.1. The fourth-order valence-electron chi connectivity index (χ4n) is 1.80. The number of aryl methyl sites for hydroxylation is 1. The molecule has 126 valence electrons. The van der Waals surface area contributed by atoms with Gasteiger partial charge in [-0.2, -0.15) is 0 Å². The smallest absolute Gasteiger partial charge is 0.306 e. The first-order valence-electron chi connectivity index (χ1n) is 6.87. The number of furan rings is 1. The molecule has 1 aromatic carbocycles. The molecule has 1 heterocycles. The predicted octanol–water partition coefficient (Wildman–Crippen LogP) is 2.96. The van der Waals surface area contributed by atoms with Gasteiger partial charge in [-0.1, -0.05) is 11.6 Å². The van der Waals surface area contributed by atoms with Crippen LogP contribution < -0.4 is 5.32 Å². The maximum atomic E-state index is 11.7. The second-order valence-electron chi connectivity index (χ2n) is 4.71. The number of nitrogens with one attached hydrogen (secondary N) is 1. The summed E-state index contributed by atoms with van der Waals surface area (Å²) in [6.45, 7) is -0.482. The first-order valence-corrected chi connectivity index (χ1v) is 7.25. The Balaban J connectivity index is 1.78. The number of benzene rings is 1. The molecule has 9 heteroatoms. The van der Waals surface area contributed by atoms with E-state index in [0.717, 1.165) is 6.07 Å². The molecule has 0 saturated carbocycles. The standard InChI is InChI=1S/C15H13ClN2O6/c16-12-8-10(18(21)22)3-5-13(12)17-14(19)9-24-15(20)6-4-11-2-1-7-23-11/h1-3,5,7-8H,4,6,9H2,(H,17,19). The Morgan fingerprint density at radius 3 is 2.75 bits per heavy atom. The van der Waals surface area contributed by atoms with Crippen LogP contribution in [0.3, 0.4) is 0 Å². The van der Waals surface area contributed by atoms with Gasteiger partial charge in [0.25, 0.3) is 11.6 Å². The van der Waals surface area contributed by atoms with E-state index in [0.29, 0.717) is 12.2 Å². The molecular formula is C15H13ClN2O6. The minimum atomic E-state index is -0.600. The molecule has 0 aliphatic carbocycles. The lowest BCUT2D eigenvalue weighted by Crippen LogP contribution is -2.21. The van der Waals surface area contributed by atoms with Crippen molar-refractivity contribution in [3.8, 4) is 0 Å². The number of nitro benzene ring substituents is 1. The molecule has 24 heavy (non-hydrogen) atoms. The molecule has 8 nitrogen and oxygen atoms in total. The number of amides is 1. The summed E-state index contributed by atoms with van der Waals surface area (Å²) in [5.74, 6) is -0.498. The highest BCUT2D eigenvalue weighted by atomic mass is 35.5. The number of carbonyl (C=O) groups excluding carboxylic acids is 2. The molecule has 1 aromatic heterocycles. The summed E-state index contributed by atoms with van der Waals surface area (Å²) in [7, 11) is 0. The van der Waals surface area contributed by atoms with Crippen molar-refractivity contribution in [1.29, 1.82) is 0 Å². The number of esters is 1. The van der Waals surface area contributed by atoms with Crippen LogP contribution in [0.25, 0.3) is 0 Å². The number of anilines is 1. The van der Waals surface area contributed by atoms with Crippen molar-refractivity contribution in [1.82, 2.24) is 0 Å². The molecule has 0 bridgehead atoms. The van der Waals surface area contributed by atoms with E-state index >= 15 is 0 Å². The number of halogens is 1. The molecule has 0 unspecified atom stereocenters. The number of hydrogen-bond donors (Lipinski definition) is 1. The average Bonchev–Trinajstić information content (AvgIpc) is 3.06. The van der Waals surface area contributed by atoms with Crippen LogP contribution in [0.1, 0.15) is 12.2 Å². The normalized spacial score (nSPS) is 10.2. The summed E-state index contributed by atoms with van der Waals surface area (Å²) >= 11 is 5.85. The number of non-ortho nitro benzene ring substituents is 1. The van der Waals surface area contributed by atoms with Gasteiger partial charge in [0.05, 0.1) is 28.3 Å². The SMILES string of the molecule is O=C(COC(=O)CCc1ccco1)Nc1ccc([N+](=O)[O-])cc1Cl. The number of carbonyl (C=O) groups is 2. The molecule has 0 aliphatic heterocycles. The van der Waals surface area contributed by atoms with Crippen molar-refractivity contribution in [3.05, 3.63) is 57.5 Å². The fourth-order valence-corrected chi connectivity index (χ4v) is 2.03. The summed E-state index contributed by atoms with van der Waals surface area (Å²) in [4.78, 5) is 33.3. The van der Waals surface area contributed by atoms with Crippen molar-refractivity contribution < 1.29 is 23.7 Å². The van der Waals surface area contributed by atoms with E-state index in [9.17, 15) is 19.7 Å². The van der Waals surface area contributed by atoms with Crippen molar-refractivity contribution in [3.63, 3.8) is 0 Å². The second-order valence-corrected chi connectivity index (χ2v) is 5.12. The molecular weight excluding hydrogens is 340 g/mol. The van der Waals surface area contributed by atoms with Crippen LogP contribution in [0.2, 0.25) is 5.02 Å². The van der Waals surface area contributed by atoms with Crippen LogP contribution in [-0.2, 0) is 20.7 Å². The lowest BCUT2D eigenvalue weighted by Gasteiger charge is -2.07. The highest BCUT2D eigenvalue weighted by Gasteiger charge is 2.13. The molecule has 1 N–H and O–H groups in total. The third kappa shape index (κ3) is 5.10. The maximum Gasteiger partial charge on any atom is 0.306 e. The van der Waals surface area contributed by atoms with Crippen molar-refractivity contribution >= 4 is 34.9 Å². The minimum absolute atomic E-state index is 0.0155. The molecule has 2 rings (SSSR count). The van der Waals surface area contributed by atoms with Crippen LogP contribution in [0.15, 0.2) is 41.0 Å². The van der Waals surface area contributed by atoms with Gasteiger partial charge in [0, 0.05) is 18.6 Å². The quantitative estimate of drug-likeness (QED) is 0.465. The minimum Gasteiger partial charge on any atom is -0.469 e. The average molecular weight is 353 g/mol. The molecule has 0 atom stereocenters. The van der Waals surface area contributed by atoms with Gasteiger partial charge in [-0.05, 0) is 18.2 Å². The number of rotatable bonds is 7. The maximum absolute atomic E-state index is 11.7. The second kappa shape index (κ2) is 8.11. The summed E-state index contributed by atoms with van der Waals surface area (Å²) in [6, 6.07) is 7.07. The van der Waals surface area contributed by atoms with Crippen LogP contribution >= 0.6 is 11.6 Å². The molecule has 0 radical (unpaired) electrons. The van der Waals surface area contributed by atoms with E-state index in [1.165, 1.54) is 18.4 Å². The van der Waals surface area contributed by atoms with Gasteiger partial charge >= 0.3 is 5.97 Å². The van der Waals surface area contributed by atoms with E-state index in [-0.39, 0.29) is 22.8 Å². The lowest BCUT2D eigenvalue weighted by atomic mass is 10.2. The number of ether oxygens (including phenoxy) is 1. The first kappa shape index (κ1) is 17.5. The predicted molar refractivity (Wildman–Crippen MR) is 84.7 cm³/mol. The largest absolute Gasteiger partial charge is 0.469 e. The van der Waals surface area contributed by atoms with Gasteiger partial charge in [-0.15, -0.1) is 0 Å². The third-order valence-corrected chi connectivity index (χ3v) is 3.27. The molecule has 1 amide bonds.